The molecule has 3 aromatic rings. The fraction of sp³-hybridized carbons (Fsp3) is 0.333. The molecule has 0 bridgehead atoms. The lowest BCUT2D eigenvalue weighted by Gasteiger charge is -2.37. The van der Waals surface area contributed by atoms with Crippen molar-refractivity contribution in [2.24, 2.45) is 4.99 Å². The fourth-order valence-electron chi connectivity index (χ4n) is 3.29. The van der Waals surface area contributed by atoms with E-state index in [2.05, 4.69) is 37.2 Å². The molecule has 3 heterocycles. The summed E-state index contributed by atoms with van der Waals surface area (Å²) in [7, 11) is 0. The molecule has 9 heteroatoms. The summed E-state index contributed by atoms with van der Waals surface area (Å²) in [5.74, 6) is 2.87. The first-order valence-electron chi connectivity index (χ1n) is 10.0. The Kier molecular flexibility index (Phi) is 6.44. The summed E-state index contributed by atoms with van der Waals surface area (Å²) in [4.78, 5) is 18.1. The van der Waals surface area contributed by atoms with Gasteiger partial charge in [0.05, 0.1) is 0 Å². The fourth-order valence-corrected chi connectivity index (χ4v) is 3.42. The van der Waals surface area contributed by atoms with Crippen LogP contribution in [0.3, 0.4) is 0 Å². The van der Waals surface area contributed by atoms with Crippen LogP contribution in [0, 0.1) is 0 Å². The van der Waals surface area contributed by atoms with Crippen molar-refractivity contribution in [1.29, 1.82) is 0 Å². The van der Waals surface area contributed by atoms with Crippen molar-refractivity contribution in [1.82, 2.24) is 25.3 Å². The Labute approximate surface area is 180 Å². The van der Waals surface area contributed by atoms with Crippen LogP contribution in [0.2, 0.25) is 5.02 Å². The summed E-state index contributed by atoms with van der Waals surface area (Å²) >= 11 is 5.94. The number of rotatable bonds is 5. The molecule has 4 rings (SSSR count). The Morgan fingerprint density at radius 2 is 1.93 bits per heavy atom. The first-order chi connectivity index (χ1) is 14.7. The van der Waals surface area contributed by atoms with Gasteiger partial charge in [-0.3, -0.25) is 0 Å². The Morgan fingerprint density at radius 1 is 1.13 bits per heavy atom. The smallest absolute Gasteiger partial charge is 0.248 e. The highest BCUT2D eigenvalue weighted by Gasteiger charge is 2.20. The Morgan fingerprint density at radius 3 is 2.63 bits per heavy atom. The summed E-state index contributed by atoms with van der Waals surface area (Å²) in [6.07, 6.45) is 1.83. The molecule has 1 aliphatic heterocycles. The standard InChI is InChI=1S/C21H24ClN7O/c1-2-23-21(29-13-11-28(12-14-29)18-5-3-4-10-24-18)25-15-19-26-20(27-30-19)16-6-8-17(22)9-7-16/h3-10H,2,11-15H2,1H3,(H,23,25). The largest absolute Gasteiger partial charge is 0.357 e. The number of guanidine groups is 1. The average Bonchev–Trinajstić information content (AvgIpc) is 3.27. The molecule has 8 nitrogen and oxygen atoms in total. The summed E-state index contributed by atoms with van der Waals surface area (Å²) in [6.45, 7) is 6.68. The molecular weight excluding hydrogens is 402 g/mol. The van der Waals surface area contributed by atoms with Crippen molar-refractivity contribution in [2.45, 2.75) is 13.5 Å². The molecule has 0 spiro atoms. The molecule has 30 heavy (non-hydrogen) atoms. The maximum atomic E-state index is 5.94. The van der Waals surface area contributed by atoms with Crippen LogP contribution in [0.25, 0.3) is 11.4 Å². The van der Waals surface area contributed by atoms with Crippen molar-refractivity contribution in [2.75, 3.05) is 37.6 Å². The number of piperazine rings is 1. The Balaban J connectivity index is 1.39. The van der Waals surface area contributed by atoms with Crippen LogP contribution in [0.15, 0.2) is 58.2 Å². The van der Waals surface area contributed by atoms with E-state index in [0.717, 1.165) is 50.1 Å². The predicted octanol–water partition coefficient (Wildman–Crippen LogP) is 3.07. The van der Waals surface area contributed by atoms with E-state index in [9.17, 15) is 0 Å². The highest BCUT2D eigenvalue weighted by molar-refractivity contribution is 6.30. The molecule has 0 aliphatic carbocycles. The Bertz CT molecular complexity index is 967. The van der Waals surface area contributed by atoms with Gasteiger partial charge in [0.1, 0.15) is 12.4 Å². The number of pyridine rings is 1. The maximum absolute atomic E-state index is 5.94. The van der Waals surface area contributed by atoms with Crippen LogP contribution in [-0.4, -0.2) is 58.7 Å². The molecule has 0 amide bonds. The quantitative estimate of drug-likeness (QED) is 0.496. The highest BCUT2D eigenvalue weighted by atomic mass is 35.5. The number of nitrogens with zero attached hydrogens (tertiary/aromatic N) is 6. The minimum absolute atomic E-state index is 0.323. The average molecular weight is 426 g/mol. The van der Waals surface area contributed by atoms with E-state index < -0.39 is 0 Å². The van der Waals surface area contributed by atoms with Gasteiger partial charge in [0.25, 0.3) is 0 Å². The number of hydrogen-bond acceptors (Lipinski definition) is 6. The van der Waals surface area contributed by atoms with Crippen molar-refractivity contribution in [3.8, 4) is 11.4 Å². The zero-order valence-corrected chi connectivity index (χ0v) is 17.6. The molecule has 0 saturated carbocycles. The molecule has 1 fully saturated rings. The number of halogens is 1. The molecule has 156 valence electrons. The molecule has 1 N–H and O–H groups in total. The number of aliphatic imine (C=N–C) groups is 1. The van der Waals surface area contributed by atoms with E-state index in [4.69, 9.17) is 21.1 Å². The zero-order chi connectivity index (χ0) is 20.8. The normalized spacial score (nSPS) is 14.8. The monoisotopic (exact) mass is 425 g/mol. The second kappa shape index (κ2) is 9.58. The molecule has 0 atom stereocenters. The topological polar surface area (TPSA) is 82.7 Å². The third-order valence-electron chi connectivity index (χ3n) is 4.82. The molecule has 1 saturated heterocycles. The van der Waals surface area contributed by atoms with Crippen molar-refractivity contribution in [3.63, 3.8) is 0 Å². The van der Waals surface area contributed by atoms with E-state index in [1.807, 2.05) is 36.5 Å². The second-order valence-electron chi connectivity index (χ2n) is 6.85. The van der Waals surface area contributed by atoms with E-state index >= 15 is 0 Å². The van der Waals surface area contributed by atoms with Gasteiger partial charge in [-0.2, -0.15) is 4.98 Å². The van der Waals surface area contributed by atoms with Crippen LogP contribution >= 0.6 is 11.6 Å². The summed E-state index contributed by atoms with van der Waals surface area (Å²) in [5, 5.41) is 8.08. The first kappa shape index (κ1) is 20.2. The summed E-state index contributed by atoms with van der Waals surface area (Å²) < 4.78 is 5.38. The van der Waals surface area contributed by atoms with Gasteiger partial charge in [0, 0.05) is 49.5 Å². The Hall–Kier alpha value is -3.13. The van der Waals surface area contributed by atoms with E-state index in [-0.39, 0.29) is 0 Å². The molecule has 2 aromatic heterocycles. The third kappa shape index (κ3) is 4.88. The van der Waals surface area contributed by atoms with Crippen molar-refractivity contribution in [3.05, 3.63) is 59.6 Å². The number of benzene rings is 1. The van der Waals surface area contributed by atoms with Crippen LogP contribution in [0.4, 0.5) is 5.82 Å². The molecule has 0 radical (unpaired) electrons. The molecule has 1 aliphatic rings. The minimum Gasteiger partial charge on any atom is -0.357 e. The first-order valence-corrected chi connectivity index (χ1v) is 10.4. The minimum atomic E-state index is 0.323. The molecule has 0 unspecified atom stereocenters. The number of hydrogen-bond donors (Lipinski definition) is 1. The lowest BCUT2D eigenvalue weighted by atomic mass is 10.2. The number of anilines is 1. The SMILES string of the molecule is CCNC(=NCc1nc(-c2ccc(Cl)cc2)no1)N1CCN(c2ccccn2)CC1. The van der Waals surface area contributed by atoms with E-state index in [0.29, 0.717) is 23.3 Å². The number of nitrogens with one attached hydrogen (secondary N) is 1. The third-order valence-corrected chi connectivity index (χ3v) is 5.07. The van der Waals surface area contributed by atoms with Crippen LogP contribution in [-0.2, 0) is 6.54 Å². The zero-order valence-electron chi connectivity index (χ0n) is 16.8. The van der Waals surface area contributed by atoms with E-state index in [1.165, 1.54) is 0 Å². The number of aromatic nitrogens is 3. The summed E-state index contributed by atoms with van der Waals surface area (Å²) in [5.41, 5.74) is 0.857. The molecular formula is C21H24ClN7O. The van der Waals surface area contributed by atoms with Gasteiger partial charge in [-0.1, -0.05) is 22.8 Å². The van der Waals surface area contributed by atoms with E-state index in [1.54, 1.807) is 12.1 Å². The highest BCUT2D eigenvalue weighted by Crippen LogP contribution is 2.19. The summed E-state index contributed by atoms with van der Waals surface area (Å²) in [6, 6.07) is 13.3. The lowest BCUT2D eigenvalue weighted by Crippen LogP contribution is -2.52. The van der Waals surface area contributed by atoms with Crippen LogP contribution in [0.1, 0.15) is 12.8 Å². The molecule has 1 aromatic carbocycles. The second-order valence-corrected chi connectivity index (χ2v) is 7.29. The van der Waals surface area contributed by atoms with Crippen molar-refractivity contribution >= 4 is 23.4 Å². The van der Waals surface area contributed by atoms with Gasteiger partial charge in [-0.25, -0.2) is 9.98 Å². The van der Waals surface area contributed by atoms with Crippen LogP contribution in [0.5, 0.6) is 0 Å². The van der Waals surface area contributed by atoms with Gasteiger partial charge in [0.15, 0.2) is 5.96 Å². The van der Waals surface area contributed by atoms with Gasteiger partial charge in [-0.05, 0) is 43.3 Å². The van der Waals surface area contributed by atoms with Gasteiger partial charge in [0.2, 0.25) is 11.7 Å². The van der Waals surface area contributed by atoms with Gasteiger partial charge >= 0.3 is 0 Å². The van der Waals surface area contributed by atoms with Gasteiger partial charge < -0.3 is 19.6 Å². The van der Waals surface area contributed by atoms with Crippen LogP contribution < -0.4 is 10.2 Å². The lowest BCUT2D eigenvalue weighted by molar-refractivity contribution is 0.364. The van der Waals surface area contributed by atoms with Gasteiger partial charge in [-0.15, -0.1) is 0 Å². The predicted molar refractivity (Wildman–Crippen MR) is 118 cm³/mol. The van der Waals surface area contributed by atoms with Crippen molar-refractivity contribution < 1.29 is 4.52 Å². The maximum Gasteiger partial charge on any atom is 0.248 e.